The van der Waals surface area contributed by atoms with Gasteiger partial charge in [-0.2, -0.15) is 0 Å². The Labute approximate surface area is 126 Å². The van der Waals surface area contributed by atoms with Crippen LogP contribution in [0.15, 0.2) is 30.3 Å². The van der Waals surface area contributed by atoms with Gasteiger partial charge in [-0.3, -0.25) is 0 Å². The van der Waals surface area contributed by atoms with Gasteiger partial charge in [0.15, 0.2) is 0 Å². The highest BCUT2D eigenvalue weighted by molar-refractivity contribution is 7.12. The van der Waals surface area contributed by atoms with Crippen molar-refractivity contribution in [1.29, 1.82) is 0 Å². The van der Waals surface area contributed by atoms with Crippen molar-refractivity contribution in [2.45, 2.75) is 45.6 Å². The number of thiophene rings is 1. The quantitative estimate of drug-likeness (QED) is 0.867. The van der Waals surface area contributed by atoms with E-state index in [1.807, 2.05) is 11.3 Å². The van der Waals surface area contributed by atoms with Gasteiger partial charge in [-0.05, 0) is 61.8 Å². The lowest BCUT2D eigenvalue weighted by molar-refractivity contribution is 0.508. The molecule has 0 fully saturated rings. The molecule has 1 aromatic heterocycles. The summed E-state index contributed by atoms with van der Waals surface area (Å²) in [6.07, 6.45) is 3.92. The molecule has 3 rings (SSSR count). The van der Waals surface area contributed by atoms with Gasteiger partial charge >= 0.3 is 0 Å². The monoisotopic (exact) mass is 285 g/mol. The van der Waals surface area contributed by atoms with E-state index < -0.39 is 0 Å². The molecule has 0 saturated carbocycles. The fraction of sp³-hybridized carbons (Fsp3) is 0.444. The molecular weight excluding hydrogens is 262 g/mol. The van der Waals surface area contributed by atoms with Crippen LogP contribution in [0.3, 0.4) is 0 Å². The fourth-order valence-corrected chi connectivity index (χ4v) is 4.20. The third kappa shape index (κ3) is 2.97. The summed E-state index contributed by atoms with van der Waals surface area (Å²) in [6.45, 7) is 6.53. The van der Waals surface area contributed by atoms with E-state index in [2.05, 4.69) is 49.5 Å². The molecule has 20 heavy (non-hydrogen) atoms. The summed E-state index contributed by atoms with van der Waals surface area (Å²) in [4.78, 5) is 2.91. The maximum atomic E-state index is 3.66. The Hall–Kier alpha value is -1.12. The van der Waals surface area contributed by atoms with E-state index >= 15 is 0 Å². The topological polar surface area (TPSA) is 12.0 Å². The highest BCUT2D eigenvalue weighted by Crippen LogP contribution is 2.31. The van der Waals surface area contributed by atoms with Crippen molar-refractivity contribution >= 4 is 11.3 Å². The van der Waals surface area contributed by atoms with Crippen LogP contribution in [0.5, 0.6) is 0 Å². The first-order valence-corrected chi connectivity index (χ1v) is 8.40. The summed E-state index contributed by atoms with van der Waals surface area (Å²) in [6, 6.07) is 11.3. The Morgan fingerprint density at radius 3 is 2.90 bits per heavy atom. The molecule has 1 heterocycles. The standard InChI is InChI=1S/C18H23NS/c1-13-10-17(20-14(13)2)12-19-11-16-8-5-7-15-6-3-4-9-18(15)16/h3-4,6,9-10,16,19H,5,7-8,11-12H2,1-2H3. The number of rotatable bonds is 4. The second kappa shape index (κ2) is 6.11. The van der Waals surface area contributed by atoms with Gasteiger partial charge < -0.3 is 5.32 Å². The van der Waals surface area contributed by atoms with Gasteiger partial charge in [0.25, 0.3) is 0 Å². The zero-order valence-electron chi connectivity index (χ0n) is 12.4. The van der Waals surface area contributed by atoms with E-state index in [0.29, 0.717) is 5.92 Å². The van der Waals surface area contributed by atoms with Crippen molar-refractivity contribution in [3.05, 3.63) is 56.8 Å². The smallest absolute Gasteiger partial charge is 0.0300 e. The van der Waals surface area contributed by atoms with Crippen molar-refractivity contribution in [1.82, 2.24) is 5.32 Å². The third-order valence-electron chi connectivity index (χ3n) is 4.40. The van der Waals surface area contributed by atoms with Crippen LogP contribution in [-0.2, 0) is 13.0 Å². The Bertz CT molecular complexity index is 565. The molecule has 1 atom stereocenters. The largest absolute Gasteiger partial charge is 0.311 e. The van der Waals surface area contributed by atoms with Crippen LogP contribution < -0.4 is 5.32 Å². The number of nitrogens with one attached hydrogen (secondary N) is 1. The Balaban J connectivity index is 1.59. The van der Waals surface area contributed by atoms with Gasteiger partial charge in [-0.15, -0.1) is 11.3 Å². The van der Waals surface area contributed by atoms with Crippen molar-refractivity contribution in [2.24, 2.45) is 0 Å². The first-order chi connectivity index (χ1) is 9.74. The van der Waals surface area contributed by atoms with Crippen molar-refractivity contribution in [3.8, 4) is 0 Å². The summed E-state index contributed by atoms with van der Waals surface area (Å²) in [5.41, 5.74) is 4.56. The highest BCUT2D eigenvalue weighted by Gasteiger charge is 2.19. The fourth-order valence-electron chi connectivity index (χ4n) is 3.17. The van der Waals surface area contributed by atoms with E-state index in [1.54, 1.807) is 11.1 Å². The van der Waals surface area contributed by atoms with Gasteiger partial charge in [0.1, 0.15) is 0 Å². The van der Waals surface area contributed by atoms with Crippen molar-refractivity contribution < 1.29 is 0 Å². The molecule has 0 saturated heterocycles. The average molecular weight is 285 g/mol. The predicted octanol–water partition coefficient (Wildman–Crippen LogP) is 4.57. The molecule has 0 bridgehead atoms. The summed E-state index contributed by atoms with van der Waals surface area (Å²) in [5, 5.41) is 3.66. The molecular formula is C18H23NS. The summed E-state index contributed by atoms with van der Waals surface area (Å²) < 4.78 is 0. The zero-order chi connectivity index (χ0) is 13.9. The van der Waals surface area contributed by atoms with E-state index in [-0.39, 0.29) is 0 Å². The summed E-state index contributed by atoms with van der Waals surface area (Å²) in [5.74, 6) is 0.696. The van der Waals surface area contributed by atoms with Crippen LogP contribution >= 0.6 is 11.3 Å². The van der Waals surface area contributed by atoms with Crippen LogP contribution in [0.2, 0.25) is 0 Å². The molecule has 1 N–H and O–H groups in total. The average Bonchev–Trinajstić information content (AvgIpc) is 2.78. The van der Waals surface area contributed by atoms with Crippen LogP contribution in [0.4, 0.5) is 0 Å². The molecule has 1 unspecified atom stereocenters. The molecule has 0 radical (unpaired) electrons. The lowest BCUT2D eigenvalue weighted by atomic mass is 9.83. The minimum absolute atomic E-state index is 0.696. The van der Waals surface area contributed by atoms with Crippen LogP contribution in [0.1, 0.15) is 45.2 Å². The molecule has 0 spiro atoms. The second-order valence-corrected chi connectivity index (χ2v) is 7.21. The number of hydrogen-bond acceptors (Lipinski definition) is 2. The molecule has 1 nitrogen and oxygen atoms in total. The second-order valence-electron chi connectivity index (χ2n) is 5.87. The molecule has 2 heteroatoms. The van der Waals surface area contributed by atoms with Crippen molar-refractivity contribution in [2.75, 3.05) is 6.54 Å². The molecule has 1 aliphatic carbocycles. The van der Waals surface area contributed by atoms with Crippen molar-refractivity contribution in [3.63, 3.8) is 0 Å². The molecule has 1 aliphatic rings. The minimum atomic E-state index is 0.696. The van der Waals surface area contributed by atoms with E-state index in [1.165, 1.54) is 34.6 Å². The summed E-state index contributed by atoms with van der Waals surface area (Å²) in [7, 11) is 0. The SMILES string of the molecule is Cc1cc(CNCC2CCCc3ccccc32)sc1C. The van der Waals surface area contributed by atoms with Gasteiger partial charge in [0.2, 0.25) is 0 Å². The lowest BCUT2D eigenvalue weighted by Gasteiger charge is -2.25. The molecule has 0 aliphatic heterocycles. The Morgan fingerprint density at radius 2 is 2.10 bits per heavy atom. The predicted molar refractivity (Wildman–Crippen MR) is 87.6 cm³/mol. The lowest BCUT2D eigenvalue weighted by Crippen LogP contribution is -2.23. The van der Waals surface area contributed by atoms with E-state index in [9.17, 15) is 0 Å². The normalized spacial score (nSPS) is 18.0. The summed E-state index contributed by atoms with van der Waals surface area (Å²) >= 11 is 1.92. The highest BCUT2D eigenvalue weighted by atomic mass is 32.1. The first kappa shape index (κ1) is 13.8. The maximum Gasteiger partial charge on any atom is 0.0300 e. The minimum Gasteiger partial charge on any atom is -0.311 e. The number of hydrogen-bond donors (Lipinski definition) is 1. The van der Waals surface area contributed by atoms with Crippen LogP contribution in [0.25, 0.3) is 0 Å². The third-order valence-corrected chi connectivity index (χ3v) is 5.55. The number of aryl methyl sites for hydroxylation is 3. The van der Waals surface area contributed by atoms with Crippen LogP contribution in [-0.4, -0.2) is 6.54 Å². The molecule has 0 amide bonds. The van der Waals surface area contributed by atoms with Crippen LogP contribution in [0, 0.1) is 13.8 Å². The maximum absolute atomic E-state index is 3.66. The van der Waals surface area contributed by atoms with Gasteiger partial charge in [0, 0.05) is 22.8 Å². The number of fused-ring (bicyclic) bond motifs is 1. The van der Waals surface area contributed by atoms with Gasteiger partial charge in [-0.25, -0.2) is 0 Å². The van der Waals surface area contributed by atoms with E-state index in [0.717, 1.165) is 13.1 Å². The Morgan fingerprint density at radius 1 is 1.25 bits per heavy atom. The van der Waals surface area contributed by atoms with Gasteiger partial charge in [0.05, 0.1) is 0 Å². The van der Waals surface area contributed by atoms with E-state index in [4.69, 9.17) is 0 Å². The first-order valence-electron chi connectivity index (χ1n) is 7.58. The molecule has 1 aromatic carbocycles. The Kier molecular flexibility index (Phi) is 4.23. The molecule has 2 aromatic rings. The number of benzene rings is 1. The molecule has 106 valence electrons. The zero-order valence-corrected chi connectivity index (χ0v) is 13.2. The van der Waals surface area contributed by atoms with Gasteiger partial charge in [-0.1, -0.05) is 24.3 Å².